The van der Waals surface area contributed by atoms with Crippen molar-refractivity contribution < 1.29 is 32.3 Å². The van der Waals surface area contributed by atoms with Gasteiger partial charge in [0.1, 0.15) is 10.8 Å². The van der Waals surface area contributed by atoms with Crippen LogP contribution in [0, 0.1) is 5.82 Å². The monoisotopic (exact) mass is 520 g/mol. The van der Waals surface area contributed by atoms with E-state index >= 15 is 0 Å². The van der Waals surface area contributed by atoms with Crippen molar-refractivity contribution in [2.75, 3.05) is 18.1 Å². The van der Waals surface area contributed by atoms with Crippen molar-refractivity contribution in [2.24, 2.45) is 0 Å². The molecule has 1 saturated carbocycles. The van der Waals surface area contributed by atoms with Gasteiger partial charge < -0.3 is 15.7 Å². The minimum Gasteiger partial charge on any atom is -0.465 e. The van der Waals surface area contributed by atoms with Crippen LogP contribution in [0.25, 0.3) is 21.3 Å². The van der Waals surface area contributed by atoms with Gasteiger partial charge in [0, 0.05) is 29.6 Å². The molecule has 13 heteroatoms. The van der Waals surface area contributed by atoms with Crippen LogP contribution in [0.3, 0.4) is 0 Å². The highest BCUT2D eigenvalue weighted by Crippen LogP contribution is 2.35. The third-order valence-corrected chi connectivity index (χ3v) is 7.72. The molecule has 1 atom stereocenters. The number of carboxylic acid groups (broad SMARTS) is 1. The van der Waals surface area contributed by atoms with Gasteiger partial charge in [-0.3, -0.25) is 14.9 Å². The smallest absolute Gasteiger partial charge is 0.409 e. The van der Waals surface area contributed by atoms with E-state index in [9.17, 15) is 27.2 Å². The second-order valence-corrected chi connectivity index (χ2v) is 11.3. The maximum absolute atomic E-state index is 14.9. The van der Waals surface area contributed by atoms with Crippen molar-refractivity contribution in [3.63, 3.8) is 0 Å². The second-order valence-electron chi connectivity index (χ2n) is 8.13. The minimum atomic E-state index is -3.96. The number of benzene rings is 2. The fourth-order valence-electron chi connectivity index (χ4n) is 3.41. The average molecular weight is 521 g/mol. The number of amides is 3. The number of carbonyl (C=O) groups excluding carboxylic acids is 2. The summed E-state index contributed by atoms with van der Waals surface area (Å²) < 4.78 is 40.2. The van der Waals surface area contributed by atoms with E-state index in [1.54, 1.807) is 0 Å². The van der Waals surface area contributed by atoms with Crippen molar-refractivity contribution in [2.45, 2.75) is 24.1 Å². The van der Waals surface area contributed by atoms with Gasteiger partial charge in [-0.1, -0.05) is 12.1 Å². The molecule has 0 spiro atoms. The van der Waals surface area contributed by atoms with Gasteiger partial charge >= 0.3 is 6.09 Å². The van der Waals surface area contributed by atoms with Crippen LogP contribution in [0.5, 0.6) is 0 Å². The molecule has 3 aromatic rings. The second kappa shape index (κ2) is 9.58. The Morgan fingerprint density at radius 2 is 1.89 bits per heavy atom. The Bertz CT molecular complexity index is 1420. The fraction of sp³-hybridized carbons (Fsp3) is 0.273. The zero-order valence-electron chi connectivity index (χ0n) is 18.4. The molecule has 0 aliphatic heterocycles. The number of sulfone groups is 1. The highest BCUT2D eigenvalue weighted by atomic mass is 32.2. The molecule has 0 bridgehead atoms. The zero-order valence-corrected chi connectivity index (χ0v) is 20.0. The van der Waals surface area contributed by atoms with Gasteiger partial charge in [0.15, 0.2) is 15.1 Å². The molecule has 184 valence electrons. The van der Waals surface area contributed by atoms with Gasteiger partial charge in [-0.15, -0.1) is 11.3 Å². The number of nitrogens with zero attached hydrogens (tertiary/aromatic N) is 1. The van der Waals surface area contributed by atoms with Crippen LogP contribution >= 0.6 is 11.3 Å². The van der Waals surface area contributed by atoms with Gasteiger partial charge in [0.05, 0.1) is 16.8 Å². The molecule has 1 heterocycles. The number of carbonyl (C=O) groups is 3. The summed E-state index contributed by atoms with van der Waals surface area (Å²) in [7, 11) is -3.96. The molecule has 3 amide bonds. The summed E-state index contributed by atoms with van der Waals surface area (Å²) in [4.78, 5) is 39.5. The van der Waals surface area contributed by atoms with Crippen molar-refractivity contribution in [1.29, 1.82) is 0 Å². The third-order valence-electron chi connectivity index (χ3n) is 5.20. The summed E-state index contributed by atoms with van der Waals surface area (Å²) in [6, 6.07) is 8.78. The molecular formula is C22H21FN4O6S2. The quantitative estimate of drug-likeness (QED) is 0.356. The molecule has 1 fully saturated rings. The predicted molar refractivity (Wildman–Crippen MR) is 128 cm³/mol. The van der Waals surface area contributed by atoms with Crippen LogP contribution < -0.4 is 16.0 Å². The van der Waals surface area contributed by atoms with Gasteiger partial charge in [-0.05, 0) is 36.6 Å². The molecule has 4 rings (SSSR count). The number of hydrogen-bond acceptors (Lipinski definition) is 7. The van der Waals surface area contributed by atoms with Crippen LogP contribution in [0.15, 0.2) is 36.4 Å². The standard InChI is InChI=1S/C22H21FN4O6S2/c1-35(32,33)19(20(29)24-10-18(28)25-12-6-7-12)21-27-16-9-15(23)14(8-17(16)34-21)11-2-4-13(5-3-11)26-22(30)31/h2-5,8-9,12,19,26H,6-7,10H2,1H3,(H,24,29)(H,25,28)(H,30,31). The number of halogens is 1. The normalized spacial score (nSPS) is 14.3. The first kappa shape index (κ1) is 24.5. The number of hydrogen-bond donors (Lipinski definition) is 4. The van der Waals surface area contributed by atoms with Crippen molar-refractivity contribution in [3.05, 3.63) is 47.2 Å². The molecule has 2 aromatic carbocycles. The summed E-state index contributed by atoms with van der Waals surface area (Å²) in [5.74, 6) is -1.92. The Morgan fingerprint density at radius 1 is 1.20 bits per heavy atom. The molecular weight excluding hydrogens is 499 g/mol. The van der Waals surface area contributed by atoms with Crippen LogP contribution in [-0.4, -0.2) is 55.3 Å². The molecule has 35 heavy (non-hydrogen) atoms. The van der Waals surface area contributed by atoms with Crippen LogP contribution in [0.4, 0.5) is 14.9 Å². The van der Waals surface area contributed by atoms with Gasteiger partial charge in [0.25, 0.3) is 0 Å². The lowest BCUT2D eigenvalue weighted by molar-refractivity contribution is -0.126. The fourth-order valence-corrected chi connectivity index (χ4v) is 5.94. The van der Waals surface area contributed by atoms with E-state index in [0.717, 1.165) is 36.5 Å². The van der Waals surface area contributed by atoms with Crippen molar-refractivity contribution >= 4 is 55.0 Å². The SMILES string of the molecule is CS(=O)(=O)C(C(=O)NCC(=O)NC1CC1)c1nc2cc(F)c(-c3ccc(NC(=O)O)cc3)cc2s1. The molecule has 1 unspecified atom stereocenters. The lowest BCUT2D eigenvalue weighted by Crippen LogP contribution is -2.41. The lowest BCUT2D eigenvalue weighted by Gasteiger charge is -2.12. The van der Waals surface area contributed by atoms with Gasteiger partial charge in [0.2, 0.25) is 11.8 Å². The highest BCUT2D eigenvalue weighted by Gasteiger charge is 2.34. The molecule has 1 aliphatic carbocycles. The summed E-state index contributed by atoms with van der Waals surface area (Å²) >= 11 is 0.936. The molecule has 1 aromatic heterocycles. The maximum Gasteiger partial charge on any atom is 0.409 e. The Hall–Kier alpha value is -3.58. The predicted octanol–water partition coefficient (Wildman–Crippen LogP) is 2.67. The van der Waals surface area contributed by atoms with Crippen LogP contribution in [0.2, 0.25) is 0 Å². The van der Waals surface area contributed by atoms with Crippen molar-refractivity contribution in [3.8, 4) is 11.1 Å². The van der Waals surface area contributed by atoms with E-state index in [1.807, 2.05) is 0 Å². The number of thiazole rings is 1. The molecule has 10 nitrogen and oxygen atoms in total. The van der Waals surface area contributed by atoms with Crippen molar-refractivity contribution in [1.82, 2.24) is 15.6 Å². The maximum atomic E-state index is 14.9. The summed E-state index contributed by atoms with van der Waals surface area (Å²) in [5.41, 5.74) is 1.17. The first-order valence-corrected chi connectivity index (χ1v) is 13.2. The lowest BCUT2D eigenvalue weighted by atomic mass is 10.0. The number of rotatable bonds is 8. The van der Waals surface area contributed by atoms with E-state index in [4.69, 9.17) is 5.11 Å². The zero-order chi connectivity index (χ0) is 25.3. The van der Waals surface area contributed by atoms with E-state index < -0.39 is 38.8 Å². The van der Waals surface area contributed by atoms with E-state index in [1.165, 1.54) is 30.3 Å². The Balaban J connectivity index is 1.60. The van der Waals surface area contributed by atoms with E-state index in [2.05, 4.69) is 20.9 Å². The highest BCUT2D eigenvalue weighted by molar-refractivity contribution is 7.91. The first-order valence-electron chi connectivity index (χ1n) is 10.5. The Labute approximate surface area is 203 Å². The third kappa shape index (κ3) is 5.92. The number of fused-ring (bicyclic) bond motifs is 1. The number of nitrogens with one attached hydrogen (secondary N) is 3. The van der Waals surface area contributed by atoms with E-state index in [0.29, 0.717) is 16.0 Å². The summed E-state index contributed by atoms with van der Waals surface area (Å²) in [6.07, 6.45) is 1.42. The molecule has 0 saturated heterocycles. The topological polar surface area (TPSA) is 155 Å². The largest absolute Gasteiger partial charge is 0.465 e. The van der Waals surface area contributed by atoms with E-state index in [-0.39, 0.29) is 28.7 Å². The minimum absolute atomic E-state index is 0.0415. The number of aromatic nitrogens is 1. The number of anilines is 1. The molecule has 1 aliphatic rings. The van der Waals surface area contributed by atoms with Gasteiger partial charge in [-0.25, -0.2) is 22.6 Å². The van der Waals surface area contributed by atoms with Crippen LogP contribution in [0.1, 0.15) is 23.1 Å². The Kier molecular flexibility index (Phi) is 6.72. The van der Waals surface area contributed by atoms with Crippen LogP contribution in [-0.2, 0) is 19.4 Å². The Morgan fingerprint density at radius 3 is 2.49 bits per heavy atom. The summed E-state index contributed by atoms with van der Waals surface area (Å²) in [6.45, 7) is -0.363. The molecule has 0 radical (unpaired) electrons. The first-order chi connectivity index (χ1) is 16.5. The van der Waals surface area contributed by atoms with Gasteiger partial charge in [-0.2, -0.15) is 0 Å². The average Bonchev–Trinajstić information content (AvgIpc) is 3.48. The molecule has 4 N–H and O–H groups in total. The summed E-state index contributed by atoms with van der Waals surface area (Å²) in [5, 5.41) is 14.3.